The van der Waals surface area contributed by atoms with Crippen LogP contribution in [0.1, 0.15) is 42.5 Å². The number of thiophene rings is 1. The molecule has 1 aliphatic heterocycles. The first kappa shape index (κ1) is 24.2. The zero-order valence-corrected chi connectivity index (χ0v) is 22.7. The number of aromatic nitrogens is 1. The molecule has 0 saturated carbocycles. The summed E-state index contributed by atoms with van der Waals surface area (Å²) in [6.07, 6.45) is 2.19. The first-order valence-corrected chi connectivity index (χ1v) is 14.9. The lowest BCUT2D eigenvalue weighted by Gasteiger charge is -2.33. The number of para-hydroxylation sites is 2. The summed E-state index contributed by atoms with van der Waals surface area (Å²) >= 11 is 5.05. The number of thioether (sulfide) groups is 1. The van der Waals surface area contributed by atoms with E-state index in [-0.39, 0.29) is 17.6 Å². The number of rotatable bonds is 6. The minimum atomic E-state index is -0.362. The third kappa shape index (κ3) is 4.89. The van der Waals surface area contributed by atoms with Gasteiger partial charge in [-0.3, -0.25) is 9.59 Å². The molecule has 186 valence electrons. The number of anilines is 1. The second-order valence-corrected chi connectivity index (χ2v) is 12.4. The molecule has 2 N–H and O–H groups in total. The van der Waals surface area contributed by atoms with E-state index >= 15 is 0 Å². The Morgan fingerprint density at radius 1 is 1.14 bits per heavy atom. The van der Waals surface area contributed by atoms with Crippen molar-refractivity contribution in [3.63, 3.8) is 0 Å². The number of fused-ring (bicyclic) bond motifs is 1. The van der Waals surface area contributed by atoms with E-state index in [1.54, 1.807) is 34.4 Å². The van der Waals surface area contributed by atoms with Crippen molar-refractivity contribution in [2.75, 3.05) is 5.32 Å². The highest BCUT2D eigenvalue weighted by Crippen LogP contribution is 2.45. The number of nitrogens with zero attached hydrogens (tertiary/aromatic N) is 1. The molecule has 2 aromatic heterocycles. The lowest BCUT2D eigenvalue weighted by Crippen LogP contribution is -2.35. The van der Waals surface area contributed by atoms with Gasteiger partial charge in [-0.05, 0) is 61.0 Å². The number of allylic oxidation sites excluding steroid dienone is 3. The molecule has 2 aliphatic rings. The minimum absolute atomic E-state index is 0.134. The predicted octanol–water partition coefficient (Wildman–Crippen LogP) is 7.26. The van der Waals surface area contributed by atoms with Gasteiger partial charge in [0, 0.05) is 45.3 Å². The maximum Gasteiger partial charge on any atom is 0.254 e. The number of ketones is 1. The summed E-state index contributed by atoms with van der Waals surface area (Å²) in [5.74, 6) is 0.383. The number of amides is 1. The summed E-state index contributed by atoms with van der Waals surface area (Å²) in [5.41, 5.74) is 6.08. The molecule has 1 amide bonds. The molecule has 0 fully saturated rings. The quantitative estimate of drug-likeness (QED) is 0.251. The van der Waals surface area contributed by atoms with Gasteiger partial charge in [-0.1, -0.05) is 42.1 Å². The second kappa shape index (κ2) is 10.3. The Morgan fingerprint density at radius 2 is 1.95 bits per heavy atom. The van der Waals surface area contributed by atoms with Crippen molar-refractivity contribution < 1.29 is 9.59 Å². The first-order valence-electron chi connectivity index (χ1n) is 12.2. The van der Waals surface area contributed by atoms with Crippen molar-refractivity contribution in [1.29, 1.82) is 0 Å². The molecular weight excluding hydrogens is 519 g/mol. The fourth-order valence-corrected chi connectivity index (χ4v) is 8.10. The average molecular weight is 544 g/mol. The van der Waals surface area contributed by atoms with E-state index < -0.39 is 0 Å². The van der Waals surface area contributed by atoms with Gasteiger partial charge in [-0.25, -0.2) is 4.98 Å². The Labute approximate surface area is 227 Å². The molecule has 0 bridgehead atoms. The standard InChI is InChI=1S/C29H25N3O2S3/c1-17-25(28(34)31-19-8-3-2-4-9-19)27(26-21(30-17)11-7-12-22(26)33)24-14-18(15-35-24)16-36-29-32-20-10-5-6-13-23(20)37-29/h2-6,8-10,13-15,27,30H,7,11-12,16H2,1H3,(H,31,34). The number of carbonyl (C=O) groups is 2. The molecule has 4 aromatic rings. The van der Waals surface area contributed by atoms with E-state index in [1.807, 2.05) is 55.5 Å². The lowest BCUT2D eigenvalue weighted by atomic mass is 9.77. The second-order valence-electron chi connectivity index (χ2n) is 9.18. The highest BCUT2D eigenvalue weighted by atomic mass is 32.2. The molecule has 6 rings (SSSR count). The van der Waals surface area contributed by atoms with E-state index in [1.165, 1.54) is 10.3 Å². The van der Waals surface area contributed by atoms with Crippen molar-refractivity contribution in [3.05, 3.63) is 99.0 Å². The Balaban J connectivity index is 1.30. The van der Waals surface area contributed by atoms with Gasteiger partial charge in [0.05, 0.1) is 16.1 Å². The third-order valence-corrected chi connectivity index (χ3v) is 9.94. The SMILES string of the molecule is CC1=C(C(=O)Nc2ccccc2)C(c2cc(CSc3nc4ccccc4s3)cs2)C2=C(CCCC2=O)N1. The molecule has 37 heavy (non-hydrogen) atoms. The van der Waals surface area contributed by atoms with E-state index in [4.69, 9.17) is 4.98 Å². The van der Waals surface area contributed by atoms with Crippen LogP contribution in [0.5, 0.6) is 0 Å². The molecule has 0 spiro atoms. The maximum absolute atomic E-state index is 13.6. The van der Waals surface area contributed by atoms with Gasteiger partial charge in [0.25, 0.3) is 5.91 Å². The molecule has 1 aliphatic carbocycles. The van der Waals surface area contributed by atoms with Crippen molar-refractivity contribution in [3.8, 4) is 0 Å². The number of hydrogen-bond donors (Lipinski definition) is 2. The van der Waals surface area contributed by atoms with Crippen molar-refractivity contribution in [2.24, 2.45) is 0 Å². The van der Waals surface area contributed by atoms with E-state index in [9.17, 15) is 9.59 Å². The van der Waals surface area contributed by atoms with Crippen LogP contribution in [-0.4, -0.2) is 16.7 Å². The molecule has 2 aromatic carbocycles. The number of dihydropyridines is 1. The number of hydrogen-bond acceptors (Lipinski definition) is 7. The van der Waals surface area contributed by atoms with Crippen LogP contribution in [-0.2, 0) is 15.3 Å². The molecule has 0 saturated heterocycles. The van der Waals surface area contributed by atoms with Crippen molar-refractivity contribution >= 4 is 62.0 Å². The molecule has 5 nitrogen and oxygen atoms in total. The van der Waals surface area contributed by atoms with E-state index in [0.29, 0.717) is 12.0 Å². The zero-order chi connectivity index (χ0) is 25.4. The highest BCUT2D eigenvalue weighted by molar-refractivity contribution is 8.00. The smallest absolute Gasteiger partial charge is 0.254 e. The van der Waals surface area contributed by atoms with E-state index in [0.717, 1.165) is 56.0 Å². The van der Waals surface area contributed by atoms with Gasteiger partial charge in [0.15, 0.2) is 10.1 Å². The normalized spacial score (nSPS) is 17.6. The van der Waals surface area contributed by atoms with Gasteiger partial charge in [0.2, 0.25) is 0 Å². The first-order chi connectivity index (χ1) is 18.1. The molecule has 3 heterocycles. The Kier molecular flexibility index (Phi) is 6.71. The average Bonchev–Trinajstić information content (AvgIpc) is 3.54. The monoisotopic (exact) mass is 543 g/mol. The molecule has 1 unspecified atom stereocenters. The van der Waals surface area contributed by atoms with Crippen LogP contribution in [0.4, 0.5) is 5.69 Å². The molecule has 1 atom stereocenters. The highest BCUT2D eigenvalue weighted by Gasteiger charge is 2.39. The Hall–Kier alpha value is -3.20. The fraction of sp³-hybridized carbons (Fsp3) is 0.207. The van der Waals surface area contributed by atoms with Crippen LogP contribution < -0.4 is 10.6 Å². The van der Waals surface area contributed by atoms with Crippen molar-refractivity contribution in [2.45, 2.75) is 42.2 Å². The number of Topliss-reactive ketones (excluding diaryl/α,β-unsaturated/α-hetero) is 1. The van der Waals surface area contributed by atoms with Gasteiger partial charge >= 0.3 is 0 Å². The van der Waals surface area contributed by atoms with Gasteiger partial charge in [-0.15, -0.1) is 22.7 Å². The van der Waals surface area contributed by atoms with Crippen LogP contribution in [0, 0.1) is 0 Å². The van der Waals surface area contributed by atoms with Crippen LogP contribution in [0.25, 0.3) is 10.2 Å². The van der Waals surface area contributed by atoms with Crippen LogP contribution in [0.2, 0.25) is 0 Å². The minimum Gasteiger partial charge on any atom is -0.362 e. The summed E-state index contributed by atoms with van der Waals surface area (Å²) in [5, 5.41) is 8.59. The van der Waals surface area contributed by atoms with Gasteiger partial charge < -0.3 is 10.6 Å². The summed E-state index contributed by atoms with van der Waals surface area (Å²) < 4.78 is 2.23. The Morgan fingerprint density at radius 3 is 2.78 bits per heavy atom. The van der Waals surface area contributed by atoms with Gasteiger partial charge in [0.1, 0.15) is 0 Å². The van der Waals surface area contributed by atoms with Crippen LogP contribution in [0.15, 0.2) is 92.9 Å². The Bertz CT molecular complexity index is 1530. The third-order valence-electron chi connectivity index (χ3n) is 6.65. The molecule has 8 heteroatoms. The number of thiazole rings is 1. The van der Waals surface area contributed by atoms with Crippen LogP contribution >= 0.6 is 34.4 Å². The van der Waals surface area contributed by atoms with Gasteiger partial charge in [-0.2, -0.15) is 0 Å². The molecule has 0 radical (unpaired) electrons. The summed E-state index contributed by atoms with van der Waals surface area (Å²) in [7, 11) is 0. The number of nitrogens with one attached hydrogen (secondary N) is 2. The fourth-order valence-electron chi connectivity index (χ4n) is 4.97. The topological polar surface area (TPSA) is 71.1 Å². The molecular formula is C29H25N3O2S3. The predicted molar refractivity (Wildman–Crippen MR) is 153 cm³/mol. The maximum atomic E-state index is 13.6. The largest absolute Gasteiger partial charge is 0.362 e. The number of benzene rings is 2. The summed E-state index contributed by atoms with van der Waals surface area (Å²) in [4.78, 5) is 32.6. The number of carbonyl (C=O) groups excluding carboxylic acids is 2. The zero-order valence-electron chi connectivity index (χ0n) is 20.2. The lowest BCUT2D eigenvalue weighted by molar-refractivity contribution is -0.116. The van der Waals surface area contributed by atoms with Crippen molar-refractivity contribution in [1.82, 2.24) is 10.3 Å². The van der Waals surface area contributed by atoms with Crippen LogP contribution in [0.3, 0.4) is 0 Å². The summed E-state index contributed by atoms with van der Waals surface area (Å²) in [6.45, 7) is 1.94. The summed E-state index contributed by atoms with van der Waals surface area (Å²) in [6, 6.07) is 19.8. The van der Waals surface area contributed by atoms with E-state index in [2.05, 4.69) is 28.1 Å².